The summed E-state index contributed by atoms with van der Waals surface area (Å²) in [6.07, 6.45) is 0.0477. The first kappa shape index (κ1) is 17.2. The topological polar surface area (TPSA) is 120 Å². The van der Waals surface area contributed by atoms with Crippen molar-refractivity contribution in [3.8, 4) is 16.9 Å². The minimum Gasteiger partial charge on any atom is -0.501 e. The molecule has 0 fully saturated rings. The number of aliphatic hydroxyl groups excluding tert-OH is 1. The van der Waals surface area contributed by atoms with Gasteiger partial charge in [-0.25, -0.2) is 22.4 Å². The Morgan fingerprint density at radius 3 is 2.28 bits per heavy atom. The predicted molar refractivity (Wildman–Crippen MR) is 93.0 cm³/mol. The van der Waals surface area contributed by atoms with Gasteiger partial charge in [-0.3, -0.25) is 4.79 Å². The molecule has 2 aromatic rings. The van der Waals surface area contributed by atoms with Crippen LogP contribution >= 0.6 is 0 Å². The van der Waals surface area contributed by atoms with Gasteiger partial charge in [-0.1, -0.05) is 12.1 Å². The van der Waals surface area contributed by atoms with Crippen LogP contribution in [0.5, 0.6) is 5.75 Å². The van der Waals surface area contributed by atoms with Crippen molar-refractivity contribution in [1.82, 2.24) is 0 Å². The van der Waals surface area contributed by atoms with E-state index in [4.69, 9.17) is 14.6 Å². The van der Waals surface area contributed by atoms with E-state index in [9.17, 15) is 32.3 Å². The van der Waals surface area contributed by atoms with Crippen LogP contribution in [0, 0.1) is 28.7 Å². The maximum Gasteiger partial charge on any atom is 0.371 e. The molecule has 0 saturated carbocycles. The molecule has 0 radical (unpaired) electrons. The smallest absolute Gasteiger partial charge is 0.371 e. The maximum atomic E-state index is 14.6. The lowest BCUT2D eigenvalue weighted by atomic mass is 10.0. The number of carbonyl (C=O) groups is 2. The van der Waals surface area contributed by atoms with Crippen LogP contribution in [-0.2, 0) is 9.59 Å². The summed E-state index contributed by atoms with van der Waals surface area (Å²) < 4.78 is 83.8. The van der Waals surface area contributed by atoms with Crippen molar-refractivity contribution >= 4 is 23.8 Å². The van der Waals surface area contributed by atoms with Crippen LogP contribution < -0.4 is 10.1 Å². The molecule has 0 aliphatic carbocycles. The number of anilines is 1. The SMILES string of the molecule is [2H]C([2H])([2H])Oc1cccc(-c2c(F)c(F)c(NC(=O)/C(C=N)=C(/O)C(=O)O)c(F)c2F)c1. The van der Waals surface area contributed by atoms with Crippen molar-refractivity contribution in [2.24, 2.45) is 0 Å². The van der Waals surface area contributed by atoms with Gasteiger partial charge in [0.1, 0.15) is 17.0 Å². The van der Waals surface area contributed by atoms with E-state index < -0.39 is 70.3 Å². The van der Waals surface area contributed by atoms with Crippen molar-refractivity contribution in [2.75, 3.05) is 12.4 Å². The first-order valence-electron chi connectivity index (χ1n) is 8.92. The van der Waals surface area contributed by atoms with Gasteiger partial charge in [-0.05, 0) is 17.7 Å². The van der Waals surface area contributed by atoms with Crippen molar-refractivity contribution in [1.29, 1.82) is 5.41 Å². The number of hydrogen-bond acceptors (Lipinski definition) is 5. The largest absolute Gasteiger partial charge is 0.501 e. The predicted octanol–water partition coefficient (Wildman–Crippen LogP) is 3.40. The van der Waals surface area contributed by atoms with Crippen LogP contribution in [0.25, 0.3) is 11.1 Å². The molecule has 0 atom stereocenters. The Labute approximate surface area is 164 Å². The van der Waals surface area contributed by atoms with Crippen LogP contribution in [0.4, 0.5) is 23.2 Å². The molecule has 0 aromatic heterocycles. The molecule has 152 valence electrons. The average molecular weight is 415 g/mol. The number of methoxy groups -OCH3 is 1. The van der Waals surface area contributed by atoms with E-state index in [2.05, 4.69) is 4.74 Å². The molecule has 0 bridgehead atoms. The summed E-state index contributed by atoms with van der Waals surface area (Å²) in [6.45, 7) is 0. The van der Waals surface area contributed by atoms with Crippen LogP contribution in [0.3, 0.4) is 0 Å². The van der Waals surface area contributed by atoms with E-state index in [1.165, 1.54) is 5.32 Å². The van der Waals surface area contributed by atoms with Crippen molar-refractivity contribution in [2.45, 2.75) is 0 Å². The summed E-state index contributed by atoms with van der Waals surface area (Å²) in [5.74, 6) is -14.0. The quantitative estimate of drug-likeness (QED) is 0.190. The number of amides is 1. The number of carbonyl (C=O) groups excluding carboxylic acids is 1. The zero-order valence-corrected chi connectivity index (χ0v) is 14.0. The average Bonchev–Trinajstić information content (AvgIpc) is 2.69. The molecule has 0 aliphatic rings. The molecule has 29 heavy (non-hydrogen) atoms. The van der Waals surface area contributed by atoms with Crippen molar-refractivity contribution in [3.63, 3.8) is 0 Å². The Balaban J connectivity index is 2.57. The zero-order valence-electron chi connectivity index (χ0n) is 17.0. The number of benzene rings is 2. The molecule has 0 heterocycles. The molecule has 0 spiro atoms. The molecule has 7 nitrogen and oxygen atoms in total. The number of nitrogens with one attached hydrogen (secondary N) is 2. The lowest BCUT2D eigenvalue weighted by molar-refractivity contribution is -0.136. The Hall–Kier alpha value is -3.89. The van der Waals surface area contributed by atoms with Gasteiger partial charge in [-0.2, -0.15) is 0 Å². The minimum absolute atomic E-state index is 0.0477. The summed E-state index contributed by atoms with van der Waals surface area (Å²) in [7, 11) is -2.91. The number of rotatable bonds is 6. The third kappa shape index (κ3) is 4.03. The van der Waals surface area contributed by atoms with Crippen molar-refractivity contribution in [3.05, 3.63) is 58.9 Å². The molecule has 0 aliphatic heterocycles. The van der Waals surface area contributed by atoms with E-state index in [0.29, 0.717) is 0 Å². The fraction of sp³-hybridized carbons (Fsp3) is 0.0556. The summed E-state index contributed by atoms with van der Waals surface area (Å²) in [5, 5.41) is 26.2. The van der Waals surface area contributed by atoms with E-state index >= 15 is 0 Å². The zero-order chi connectivity index (χ0) is 24.4. The van der Waals surface area contributed by atoms with Crippen LogP contribution in [0.1, 0.15) is 4.11 Å². The van der Waals surface area contributed by atoms with Gasteiger partial charge < -0.3 is 25.7 Å². The van der Waals surface area contributed by atoms with E-state index in [1.807, 2.05) is 0 Å². The standard InChI is InChI=1S/C18H12F4N2O5/c1-29-8-4-2-3-7(5-8)10-11(19)13(21)15(14(22)12(10)20)24-17(26)9(6-23)16(25)18(27)28/h2-6,23,25H,1H3,(H,24,26)(H,27,28)/b16-9+,23-6?/i1D3. The molecule has 2 rings (SSSR count). The Morgan fingerprint density at radius 1 is 1.14 bits per heavy atom. The first-order chi connectivity index (χ1) is 14.8. The molecule has 2 aromatic carbocycles. The first-order valence-corrected chi connectivity index (χ1v) is 7.42. The number of carboxylic acid groups (broad SMARTS) is 1. The Morgan fingerprint density at radius 2 is 1.76 bits per heavy atom. The lowest BCUT2D eigenvalue weighted by Gasteiger charge is -2.14. The Kier molecular flexibility index (Phi) is 5.00. The van der Waals surface area contributed by atoms with E-state index in [0.717, 1.165) is 24.3 Å². The van der Waals surface area contributed by atoms with Gasteiger partial charge in [0, 0.05) is 6.21 Å². The molecule has 11 heteroatoms. The molecular formula is C18H12F4N2O5. The van der Waals surface area contributed by atoms with Gasteiger partial charge in [-0.15, -0.1) is 0 Å². The molecule has 4 N–H and O–H groups in total. The summed E-state index contributed by atoms with van der Waals surface area (Å²) in [5.41, 5.74) is -4.65. The van der Waals surface area contributed by atoms with E-state index in [1.54, 1.807) is 0 Å². The number of aliphatic hydroxyl groups is 1. The second-order valence-electron chi connectivity index (χ2n) is 5.30. The summed E-state index contributed by atoms with van der Waals surface area (Å²) in [6, 6.07) is 4.04. The highest BCUT2D eigenvalue weighted by Crippen LogP contribution is 2.35. The van der Waals surface area contributed by atoms with E-state index in [-0.39, 0.29) is 12.0 Å². The number of halogens is 4. The van der Waals surface area contributed by atoms with Crippen molar-refractivity contribution < 1.29 is 46.2 Å². The van der Waals surface area contributed by atoms with Crippen LogP contribution in [0.2, 0.25) is 0 Å². The maximum absolute atomic E-state index is 14.6. The van der Waals surface area contributed by atoms with Crippen LogP contribution in [-0.4, -0.2) is 35.3 Å². The highest BCUT2D eigenvalue weighted by Gasteiger charge is 2.29. The lowest BCUT2D eigenvalue weighted by Crippen LogP contribution is -2.22. The molecule has 1 amide bonds. The fourth-order valence-corrected chi connectivity index (χ4v) is 2.25. The third-order valence-electron chi connectivity index (χ3n) is 3.59. The minimum atomic E-state index is -2.91. The number of hydrogen-bond donors (Lipinski definition) is 4. The van der Waals surface area contributed by atoms with Gasteiger partial charge in [0.2, 0.25) is 5.76 Å². The number of ether oxygens (including phenoxy) is 1. The monoisotopic (exact) mass is 415 g/mol. The number of aliphatic carboxylic acids is 1. The normalized spacial score (nSPS) is 13.4. The fourth-order valence-electron chi connectivity index (χ4n) is 2.25. The molecule has 0 unspecified atom stereocenters. The third-order valence-corrected chi connectivity index (χ3v) is 3.59. The van der Waals surface area contributed by atoms with Gasteiger partial charge >= 0.3 is 5.97 Å². The molecular weight excluding hydrogens is 400 g/mol. The van der Waals surface area contributed by atoms with Crippen LogP contribution in [0.15, 0.2) is 35.6 Å². The summed E-state index contributed by atoms with van der Waals surface area (Å²) in [4.78, 5) is 22.7. The Bertz CT molecular complexity index is 1120. The summed E-state index contributed by atoms with van der Waals surface area (Å²) >= 11 is 0. The van der Waals surface area contributed by atoms with Gasteiger partial charge in [0.05, 0.1) is 16.7 Å². The second-order valence-corrected chi connectivity index (χ2v) is 5.30. The number of carboxylic acids is 1. The van der Waals surface area contributed by atoms with Gasteiger partial charge in [0.15, 0.2) is 23.3 Å². The second kappa shape index (κ2) is 8.42. The van der Waals surface area contributed by atoms with Gasteiger partial charge in [0.25, 0.3) is 5.91 Å². The highest BCUT2D eigenvalue weighted by molar-refractivity contribution is 6.20. The molecule has 0 saturated heterocycles. The highest BCUT2D eigenvalue weighted by atomic mass is 19.2.